The lowest BCUT2D eigenvalue weighted by atomic mass is 9.56. The predicted octanol–water partition coefficient (Wildman–Crippen LogP) is 6.70. The minimum Gasteiger partial charge on any atom is -0.0853 e. The molecule has 0 aromatic heterocycles. The standard InChI is InChI=1S/2C10H15Br/c2*11-10-4-7-1-8(5-10)3-9(2-7)6-10/h2*7-9H,1-6H2. The van der Waals surface area contributed by atoms with E-state index in [1.54, 1.807) is 38.5 Å². The van der Waals surface area contributed by atoms with Crippen LogP contribution in [0.5, 0.6) is 0 Å². The van der Waals surface area contributed by atoms with Crippen molar-refractivity contribution in [3.63, 3.8) is 0 Å². The van der Waals surface area contributed by atoms with Crippen LogP contribution in [0.25, 0.3) is 0 Å². The second kappa shape index (κ2) is 5.23. The van der Waals surface area contributed by atoms with E-state index in [0.717, 1.165) is 35.5 Å². The van der Waals surface area contributed by atoms with E-state index >= 15 is 0 Å². The molecule has 8 aliphatic carbocycles. The van der Waals surface area contributed by atoms with E-state index in [0.29, 0.717) is 8.65 Å². The number of hydrogen-bond donors (Lipinski definition) is 0. The fourth-order valence-electron chi connectivity index (χ4n) is 8.01. The van der Waals surface area contributed by atoms with E-state index in [4.69, 9.17) is 0 Å². The van der Waals surface area contributed by atoms with Gasteiger partial charge in [0.1, 0.15) is 0 Å². The fourth-order valence-corrected chi connectivity index (χ4v) is 10.8. The Hall–Kier alpha value is 0.960. The van der Waals surface area contributed by atoms with Crippen molar-refractivity contribution in [2.24, 2.45) is 35.5 Å². The average molecular weight is 430 g/mol. The van der Waals surface area contributed by atoms with E-state index < -0.39 is 0 Å². The minimum absolute atomic E-state index is 0.613. The van der Waals surface area contributed by atoms with Crippen molar-refractivity contribution in [1.29, 1.82) is 0 Å². The Labute approximate surface area is 152 Å². The van der Waals surface area contributed by atoms with Gasteiger partial charge in [-0.1, -0.05) is 31.9 Å². The molecule has 8 rings (SSSR count). The number of halogens is 2. The zero-order chi connectivity index (χ0) is 14.9. The molecule has 22 heavy (non-hydrogen) atoms. The van der Waals surface area contributed by atoms with E-state index in [2.05, 4.69) is 31.9 Å². The van der Waals surface area contributed by atoms with E-state index in [1.165, 1.54) is 38.5 Å². The molecule has 0 atom stereocenters. The second-order valence-electron chi connectivity index (χ2n) is 10.1. The molecule has 0 radical (unpaired) electrons. The maximum atomic E-state index is 3.96. The summed E-state index contributed by atoms with van der Waals surface area (Å²) in [6.45, 7) is 0. The highest BCUT2D eigenvalue weighted by Gasteiger charge is 2.50. The van der Waals surface area contributed by atoms with Crippen LogP contribution in [0.1, 0.15) is 77.0 Å². The normalized spacial score (nSPS) is 60.3. The van der Waals surface area contributed by atoms with Crippen molar-refractivity contribution in [3.05, 3.63) is 0 Å². The molecule has 8 saturated carbocycles. The van der Waals surface area contributed by atoms with Crippen LogP contribution in [0.2, 0.25) is 0 Å². The molecular weight excluding hydrogens is 400 g/mol. The van der Waals surface area contributed by atoms with Gasteiger partial charge in [-0.05, 0) is 113 Å². The molecule has 0 saturated heterocycles. The van der Waals surface area contributed by atoms with Crippen molar-refractivity contribution in [2.45, 2.75) is 85.7 Å². The molecule has 0 unspecified atom stereocenters. The molecule has 8 bridgehead atoms. The molecule has 0 aliphatic heterocycles. The number of alkyl halides is 2. The fraction of sp³-hybridized carbons (Fsp3) is 1.00. The summed E-state index contributed by atoms with van der Waals surface area (Å²) in [5.41, 5.74) is 0. The van der Waals surface area contributed by atoms with Crippen LogP contribution in [-0.4, -0.2) is 8.65 Å². The summed E-state index contributed by atoms with van der Waals surface area (Å²) in [7, 11) is 0. The molecule has 0 aromatic rings. The first-order valence-electron chi connectivity index (χ1n) is 9.85. The van der Waals surface area contributed by atoms with Gasteiger partial charge in [0.05, 0.1) is 0 Å². The summed E-state index contributed by atoms with van der Waals surface area (Å²) in [5, 5.41) is 0. The summed E-state index contributed by atoms with van der Waals surface area (Å²) >= 11 is 7.91. The average Bonchev–Trinajstić information content (AvgIpc) is 2.32. The highest BCUT2D eigenvalue weighted by atomic mass is 79.9. The van der Waals surface area contributed by atoms with Gasteiger partial charge in [-0.15, -0.1) is 0 Å². The van der Waals surface area contributed by atoms with Crippen LogP contribution < -0.4 is 0 Å². The quantitative estimate of drug-likeness (QED) is 0.375. The molecule has 0 aromatic carbocycles. The first kappa shape index (κ1) is 15.2. The summed E-state index contributed by atoms with van der Waals surface area (Å²) in [6.07, 6.45) is 18.3. The Morgan fingerprint density at radius 3 is 0.727 bits per heavy atom. The van der Waals surface area contributed by atoms with Crippen LogP contribution in [0.15, 0.2) is 0 Å². The van der Waals surface area contributed by atoms with Crippen LogP contribution >= 0.6 is 31.9 Å². The SMILES string of the molecule is BrC12CC3CC(CC(C3)C1)C2.BrC12CC3CC(CC(C3)C1)C2. The molecule has 0 heterocycles. The zero-order valence-electron chi connectivity index (χ0n) is 13.7. The van der Waals surface area contributed by atoms with Gasteiger partial charge in [0.25, 0.3) is 0 Å². The summed E-state index contributed by atoms with van der Waals surface area (Å²) < 4.78 is 1.23. The third-order valence-corrected chi connectivity index (χ3v) is 9.87. The van der Waals surface area contributed by atoms with E-state index in [1.807, 2.05) is 0 Å². The smallest absolute Gasteiger partial charge is 0.0266 e. The highest BCUT2D eigenvalue weighted by molar-refractivity contribution is 9.10. The van der Waals surface area contributed by atoms with Gasteiger partial charge in [-0.3, -0.25) is 0 Å². The third kappa shape index (κ3) is 2.76. The molecule has 8 aliphatic rings. The first-order chi connectivity index (χ1) is 10.5. The van der Waals surface area contributed by atoms with Crippen molar-refractivity contribution in [1.82, 2.24) is 0 Å². The molecule has 0 amide bonds. The maximum Gasteiger partial charge on any atom is 0.0266 e. The van der Waals surface area contributed by atoms with Gasteiger partial charge in [0.15, 0.2) is 0 Å². The first-order valence-corrected chi connectivity index (χ1v) is 11.4. The second-order valence-corrected chi connectivity index (χ2v) is 13.5. The number of rotatable bonds is 0. The Balaban J connectivity index is 0.000000102. The Bertz CT molecular complexity index is 342. The number of hydrogen-bond acceptors (Lipinski definition) is 0. The van der Waals surface area contributed by atoms with Gasteiger partial charge in [-0.25, -0.2) is 0 Å². The van der Waals surface area contributed by atoms with Crippen molar-refractivity contribution < 1.29 is 0 Å². The summed E-state index contributed by atoms with van der Waals surface area (Å²) in [5.74, 6) is 6.59. The van der Waals surface area contributed by atoms with Crippen LogP contribution in [0, 0.1) is 35.5 Å². The van der Waals surface area contributed by atoms with Gasteiger partial charge in [0, 0.05) is 8.65 Å². The van der Waals surface area contributed by atoms with Crippen LogP contribution in [0.4, 0.5) is 0 Å². The lowest BCUT2D eigenvalue weighted by Gasteiger charge is -2.54. The molecular formula is C20H30Br2. The summed E-state index contributed by atoms with van der Waals surface area (Å²) in [4.78, 5) is 0. The molecule has 0 nitrogen and oxygen atoms in total. The Morgan fingerprint density at radius 1 is 0.409 bits per heavy atom. The van der Waals surface area contributed by atoms with Crippen molar-refractivity contribution in [2.75, 3.05) is 0 Å². The van der Waals surface area contributed by atoms with Crippen molar-refractivity contribution >= 4 is 31.9 Å². The Kier molecular flexibility index (Phi) is 3.62. The monoisotopic (exact) mass is 428 g/mol. The van der Waals surface area contributed by atoms with E-state index in [9.17, 15) is 0 Å². The molecule has 2 heteroatoms. The summed E-state index contributed by atoms with van der Waals surface area (Å²) in [6, 6.07) is 0. The van der Waals surface area contributed by atoms with Gasteiger partial charge in [0.2, 0.25) is 0 Å². The lowest BCUT2D eigenvalue weighted by molar-refractivity contribution is 0.0413. The highest BCUT2D eigenvalue weighted by Crippen LogP contribution is 2.60. The van der Waals surface area contributed by atoms with Gasteiger partial charge in [-0.2, -0.15) is 0 Å². The third-order valence-electron chi connectivity index (χ3n) is 7.93. The molecule has 8 fully saturated rings. The zero-order valence-corrected chi connectivity index (χ0v) is 16.9. The Morgan fingerprint density at radius 2 is 0.591 bits per heavy atom. The minimum atomic E-state index is 0.613. The van der Waals surface area contributed by atoms with Crippen LogP contribution in [-0.2, 0) is 0 Å². The largest absolute Gasteiger partial charge is 0.0853 e. The van der Waals surface area contributed by atoms with Gasteiger partial charge < -0.3 is 0 Å². The predicted molar refractivity (Wildman–Crippen MR) is 99.7 cm³/mol. The van der Waals surface area contributed by atoms with Crippen molar-refractivity contribution in [3.8, 4) is 0 Å². The molecule has 124 valence electrons. The van der Waals surface area contributed by atoms with Gasteiger partial charge >= 0.3 is 0 Å². The topological polar surface area (TPSA) is 0 Å². The molecule has 0 spiro atoms. The lowest BCUT2D eigenvalue weighted by Crippen LogP contribution is -2.46. The van der Waals surface area contributed by atoms with Crippen LogP contribution in [0.3, 0.4) is 0 Å². The maximum absolute atomic E-state index is 3.96. The van der Waals surface area contributed by atoms with E-state index in [-0.39, 0.29) is 0 Å². The molecule has 0 N–H and O–H groups in total.